The summed E-state index contributed by atoms with van der Waals surface area (Å²) >= 11 is 1.68. The summed E-state index contributed by atoms with van der Waals surface area (Å²) in [4.78, 5) is 26.2. The summed E-state index contributed by atoms with van der Waals surface area (Å²) in [7, 11) is 1.14. The zero-order chi connectivity index (χ0) is 27.1. The van der Waals surface area contributed by atoms with Crippen LogP contribution in [0, 0.1) is 0 Å². The van der Waals surface area contributed by atoms with Gasteiger partial charge in [0.2, 0.25) is 0 Å². The standard InChI is InChI=1S/C32H28N2O4S/c1-38-32(36)30(33)31(35)34(37)23-7-4-6-21(18-23)28-15-16-29(39-28)22-11-12-25-20(17-22)10-14-26-24-8-3-2-5-19(24)9-13-27(25)26/h2-8,10,14-18,30,37H,9,11-13,33H2,1H3. The maximum atomic E-state index is 12.4. The molecule has 3 aromatic carbocycles. The highest BCUT2D eigenvalue weighted by Gasteiger charge is 2.28. The van der Waals surface area contributed by atoms with Gasteiger partial charge in [0.15, 0.2) is 6.04 Å². The minimum absolute atomic E-state index is 0.226. The van der Waals surface area contributed by atoms with Crippen LogP contribution in [0.15, 0.2) is 72.8 Å². The minimum atomic E-state index is -1.60. The van der Waals surface area contributed by atoms with Crippen LogP contribution in [0.1, 0.15) is 33.6 Å². The van der Waals surface area contributed by atoms with Gasteiger partial charge in [-0.05, 0) is 94.5 Å². The van der Waals surface area contributed by atoms with Crippen molar-refractivity contribution in [2.75, 3.05) is 12.2 Å². The molecule has 2 aliphatic carbocycles. The molecule has 0 bridgehead atoms. The summed E-state index contributed by atoms with van der Waals surface area (Å²) in [5.74, 6) is -1.87. The Balaban J connectivity index is 1.26. The summed E-state index contributed by atoms with van der Waals surface area (Å²) in [6.45, 7) is 0. The number of rotatable bonds is 5. The van der Waals surface area contributed by atoms with E-state index in [0.29, 0.717) is 5.06 Å². The van der Waals surface area contributed by atoms with Crippen molar-refractivity contribution in [1.29, 1.82) is 0 Å². The molecular formula is C32H28N2O4S. The first-order valence-electron chi connectivity index (χ1n) is 12.9. The number of carbonyl (C=O) groups excluding carboxylic acids is 2. The highest BCUT2D eigenvalue weighted by Crippen LogP contribution is 2.42. The maximum absolute atomic E-state index is 12.4. The number of hydroxylamine groups is 1. The number of methoxy groups -OCH3 is 1. The van der Waals surface area contributed by atoms with Gasteiger partial charge >= 0.3 is 5.97 Å². The molecule has 196 valence electrons. The van der Waals surface area contributed by atoms with Gasteiger partial charge in [-0.2, -0.15) is 5.06 Å². The van der Waals surface area contributed by atoms with Gasteiger partial charge in [-0.25, -0.2) is 4.79 Å². The van der Waals surface area contributed by atoms with Crippen molar-refractivity contribution < 1.29 is 19.5 Å². The fourth-order valence-electron chi connectivity index (χ4n) is 5.60. The lowest BCUT2D eigenvalue weighted by Gasteiger charge is -2.26. The predicted octanol–water partition coefficient (Wildman–Crippen LogP) is 5.89. The quantitative estimate of drug-likeness (QED) is 0.144. The van der Waals surface area contributed by atoms with Gasteiger partial charge < -0.3 is 10.5 Å². The van der Waals surface area contributed by atoms with E-state index in [1.165, 1.54) is 43.8 Å². The number of carbonyl (C=O) groups is 2. The van der Waals surface area contributed by atoms with E-state index in [1.54, 1.807) is 29.5 Å². The van der Waals surface area contributed by atoms with Crippen molar-refractivity contribution in [2.24, 2.45) is 5.73 Å². The number of fused-ring (bicyclic) bond motifs is 5. The number of hydrogen-bond acceptors (Lipinski definition) is 6. The highest BCUT2D eigenvalue weighted by atomic mass is 32.1. The second-order valence-electron chi connectivity index (χ2n) is 9.85. The third-order valence-electron chi connectivity index (χ3n) is 7.62. The summed E-state index contributed by atoms with van der Waals surface area (Å²) in [6, 6.07) is 22.8. The molecule has 1 amide bonds. The third kappa shape index (κ3) is 4.59. The number of nitrogens with two attached hydrogens (primary N) is 1. The number of ether oxygens (including phenoxy) is 1. The van der Waals surface area contributed by atoms with E-state index in [2.05, 4.69) is 59.3 Å². The Labute approximate surface area is 230 Å². The van der Waals surface area contributed by atoms with E-state index in [1.807, 2.05) is 6.07 Å². The van der Waals surface area contributed by atoms with E-state index in [4.69, 9.17) is 5.73 Å². The Morgan fingerprint density at radius 3 is 2.54 bits per heavy atom. The summed E-state index contributed by atoms with van der Waals surface area (Å²) in [6.07, 6.45) is 6.52. The molecule has 2 aliphatic rings. The van der Waals surface area contributed by atoms with Gasteiger partial charge in [-0.15, -0.1) is 11.3 Å². The molecule has 1 heterocycles. The lowest BCUT2D eigenvalue weighted by molar-refractivity contribution is -0.146. The lowest BCUT2D eigenvalue weighted by Crippen LogP contribution is -2.47. The molecule has 7 heteroatoms. The van der Waals surface area contributed by atoms with E-state index in [0.717, 1.165) is 43.2 Å². The number of benzene rings is 3. The van der Waals surface area contributed by atoms with Gasteiger partial charge in [0.1, 0.15) is 0 Å². The number of thiophene rings is 1. The van der Waals surface area contributed by atoms with E-state index >= 15 is 0 Å². The van der Waals surface area contributed by atoms with Crippen molar-refractivity contribution in [3.63, 3.8) is 0 Å². The molecule has 4 aromatic rings. The van der Waals surface area contributed by atoms with Crippen molar-refractivity contribution >= 4 is 40.5 Å². The van der Waals surface area contributed by atoms with Crippen LogP contribution in [0.3, 0.4) is 0 Å². The normalized spacial score (nSPS) is 14.4. The Hall–Kier alpha value is -4.04. The highest BCUT2D eigenvalue weighted by molar-refractivity contribution is 7.16. The number of nitrogens with zero attached hydrogens (tertiary/aromatic N) is 1. The zero-order valence-corrected chi connectivity index (χ0v) is 22.3. The Morgan fingerprint density at radius 1 is 0.897 bits per heavy atom. The SMILES string of the molecule is COC(=O)C(N)C(=O)N(O)c1cccc(-c2ccc(C3=Cc4ccc5c(c4CC3)CCc3ccccc3-5)s2)c1. The number of aryl methyl sites for hydroxylation is 1. The maximum Gasteiger partial charge on any atom is 0.332 e. The largest absolute Gasteiger partial charge is 0.467 e. The van der Waals surface area contributed by atoms with Crippen molar-refractivity contribution in [3.8, 4) is 21.6 Å². The molecule has 0 radical (unpaired) electrons. The second-order valence-corrected chi connectivity index (χ2v) is 10.9. The molecule has 1 atom stereocenters. The van der Waals surface area contributed by atoms with E-state index in [9.17, 15) is 14.8 Å². The molecule has 1 unspecified atom stereocenters. The lowest BCUT2D eigenvalue weighted by atomic mass is 9.78. The zero-order valence-electron chi connectivity index (χ0n) is 21.5. The fraction of sp³-hybridized carbons (Fsp3) is 0.188. The van der Waals surface area contributed by atoms with Gasteiger partial charge in [0.05, 0.1) is 12.8 Å². The van der Waals surface area contributed by atoms with Crippen LogP contribution in [0.25, 0.3) is 33.2 Å². The number of hydrogen-bond donors (Lipinski definition) is 2. The topological polar surface area (TPSA) is 92.9 Å². The van der Waals surface area contributed by atoms with Crippen LogP contribution in [0.4, 0.5) is 5.69 Å². The molecule has 0 saturated carbocycles. The fourth-order valence-corrected chi connectivity index (χ4v) is 6.64. The number of allylic oxidation sites excluding steroid dienone is 1. The number of amides is 1. The average Bonchev–Trinajstić information content (AvgIpc) is 3.49. The monoisotopic (exact) mass is 536 g/mol. The smallest absolute Gasteiger partial charge is 0.332 e. The molecule has 0 aliphatic heterocycles. The van der Waals surface area contributed by atoms with Crippen molar-refractivity contribution in [2.45, 2.75) is 31.7 Å². The second kappa shape index (κ2) is 10.3. The van der Waals surface area contributed by atoms with Crippen LogP contribution in [0.5, 0.6) is 0 Å². The molecule has 3 N–H and O–H groups in total. The molecule has 0 fully saturated rings. The summed E-state index contributed by atoms with van der Waals surface area (Å²) in [5, 5.41) is 10.8. The molecular weight excluding hydrogens is 508 g/mol. The summed E-state index contributed by atoms with van der Waals surface area (Å²) < 4.78 is 4.51. The van der Waals surface area contributed by atoms with Gasteiger partial charge in [0.25, 0.3) is 5.91 Å². The van der Waals surface area contributed by atoms with Crippen LogP contribution in [-0.4, -0.2) is 30.2 Å². The van der Waals surface area contributed by atoms with Crippen LogP contribution in [-0.2, 0) is 33.6 Å². The van der Waals surface area contributed by atoms with Crippen molar-refractivity contribution in [1.82, 2.24) is 0 Å². The molecule has 6 nitrogen and oxygen atoms in total. The third-order valence-corrected chi connectivity index (χ3v) is 8.83. The first-order valence-corrected chi connectivity index (χ1v) is 13.8. The van der Waals surface area contributed by atoms with Crippen LogP contribution >= 0.6 is 11.3 Å². The Morgan fingerprint density at radius 2 is 1.69 bits per heavy atom. The van der Waals surface area contributed by atoms with E-state index in [-0.39, 0.29) is 5.69 Å². The Bertz CT molecular complexity index is 1640. The molecule has 0 saturated heterocycles. The van der Waals surface area contributed by atoms with Gasteiger partial charge in [-0.3, -0.25) is 10.0 Å². The molecule has 0 spiro atoms. The first kappa shape index (κ1) is 25.2. The van der Waals surface area contributed by atoms with E-state index < -0.39 is 17.9 Å². The molecule has 6 rings (SSSR count). The van der Waals surface area contributed by atoms with Gasteiger partial charge in [-0.1, -0.05) is 54.6 Å². The minimum Gasteiger partial charge on any atom is -0.467 e. The average molecular weight is 537 g/mol. The van der Waals surface area contributed by atoms with Crippen LogP contribution in [0.2, 0.25) is 0 Å². The Kier molecular flexibility index (Phi) is 6.64. The van der Waals surface area contributed by atoms with Crippen molar-refractivity contribution in [3.05, 3.63) is 99.9 Å². The summed E-state index contributed by atoms with van der Waals surface area (Å²) in [5.41, 5.74) is 16.5. The molecule has 39 heavy (non-hydrogen) atoms. The first-order chi connectivity index (χ1) is 18.9. The van der Waals surface area contributed by atoms with Gasteiger partial charge in [0, 0.05) is 9.75 Å². The molecule has 1 aromatic heterocycles. The number of esters is 1. The predicted molar refractivity (Wildman–Crippen MR) is 154 cm³/mol. The number of anilines is 1. The van der Waals surface area contributed by atoms with Crippen LogP contribution < -0.4 is 10.8 Å².